The third-order valence-corrected chi connectivity index (χ3v) is 3.42. The maximum atomic E-state index is 11.7. The molecular weight excluding hydrogens is 294 g/mol. The molecular formula is C13H13N3O4S. The Morgan fingerprint density at radius 2 is 2.00 bits per heavy atom. The van der Waals surface area contributed by atoms with Gasteiger partial charge in [0.2, 0.25) is 11.8 Å². The molecule has 7 nitrogen and oxygen atoms in total. The van der Waals surface area contributed by atoms with Crippen LogP contribution in [0.25, 0.3) is 11.5 Å². The average Bonchev–Trinajstić information content (AvgIpc) is 2.96. The number of ether oxygens (including phenoxy) is 1. The van der Waals surface area contributed by atoms with Crippen molar-refractivity contribution in [3.63, 3.8) is 0 Å². The van der Waals surface area contributed by atoms with E-state index < -0.39 is 17.3 Å². The minimum atomic E-state index is -0.803. The van der Waals surface area contributed by atoms with Gasteiger partial charge in [-0.25, -0.2) is 4.79 Å². The monoisotopic (exact) mass is 307 g/mol. The number of hydrogen-bond donors (Lipinski definition) is 1. The summed E-state index contributed by atoms with van der Waals surface area (Å²) >= 11 is 1.06. The van der Waals surface area contributed by atoms with Crippen LogP contribution in [0.3, 0.4) is 0 Å². The molecule has 1 aromatic carbocycles. The molecule has 110 valence electrons. The van der Waals surface area contributed by atoms with E-state index in [-0.39, 0.29) is 5.22 Å². The lowest BCUT2D eigenvalue weighted by Crippen LogP contribution is -2.35. The summed E-state index contributed by atoms with van der Waals surface area (Å²) in [6.45, 7) is 1.62. The van der Waals surface area contributed by atoms with Crippen LogP contribution in [0, 0.1) is 0 Å². The van der Waals surface area contributed by atoms with Gasteiger partial charge in [-0.1, -0.05) is 30.0 Å². The highest BCUT2D eigenvalue weighted by Crippen LogP contribution is 2.25. The minimum absolute atomic E-state index is 0.251. The molecule has 0 radical (unpaired) electrons. The number of methoxy groups -OCH3 is 1. The van der Waals surface area contributed by atoms with E-state index in [2.05, 4.69) is 20.3 Å². The van der Waals surface area contributed by atoms with Crippen molar-refractivity contribution in [1.82, 2.24) is 15.5 Å². The van der Waals surface area contributed by atoms with Gasteiger partial charge in [0.15, 0.2) is 0 Å². The molecule has 0 saturated carbocycles. The molecule has 0 bridgehead atoms. The van der Waals surface area contributed by atoms with Gasteiger partial charge in [-0.3, -0.25) is 10.1 Å². The lowest BCUT2D eigenvalue weighted by Gasteiger charge is -2.07. The second-order valence-electron chi connectivity index (χ2n) is 3.98. The fourth-order valence-electron chi connectivity index (χ4n) is 1.41. The maximum absolute atomic E-state index is 11.7. The number of hydrogen-bond acceptors (Lipinski definition) is 7. The molecule has 21 heavy (non-hydrogen) atoms. The Balaban J connectivity index is 1.99. The molecule has 2 rings (SSSR count). The van der Waals surface area contributed by atoms with Crippen molar-refractivity contribution in [1.29, 1.82) is 0 Å². The molecule has 0 aliphatic carbocycles. The quantitative estimate of drug-likeness (QED) is 0.864. The molecule has 0 aliphatic rings. The first-order chi connectivity index (χ1) is 10.1. The van der Waals surface area contributed by atoms with Gasteiger partial charge in [0.1, 0.15) is 0 Å². The van der Waals surface area contributed by atoms with Crippen LogP contribution in [-0.2, 0) is 9.53 Å². The number of carbonyl (C=O) groups excluding carboxylic acids is 2. The summed E-state index contributed by atoms with van der Waals surface area (Å²) in [5.41, 5.74) is 0.795. The number of nitrogens with one attached hydrogen (secondary N) is 1. The molecule has 1 atom stereocenters. The second kappa shape index (κ2) is 6.89. The van der Waals surface area contributed by atoms with Crippen molar-refractivity contribution in [2.75, 3.05) is 7.11 Å². The number of alkyl carbamates (subject to hydrolysis) is 1. The molecule has 2 amide bonds. The first-order valence-electron chi connectivity index (χ1n) is 6.04. The Labute approximate surface area is 125 Å². The predicted molar refractivity (Wildman–Crippen MR) is 75.6 cm³/mol. The number of thioether (sulfide) groups is 1. The number of carbonyl (C=O) groups is 2. The van der Waals surface area contributed by atoms with E-state index in [1.54, 1.807) is 6.92 Å². The third kappa shape index (κ3) is 4.06. The SMILES string of the molecule is COC(=O)NC(=O)[C@@H](C)Sc1nnc(-c2ccccc2)o1. The summed E-state index contributed by atoms with van der Waals surface area (Å²) in [5, 5.41) is 9.53. The van der Waals surface area contributed by atoms with Crippen molar-refractivity contribution < 1.29 is 18.7 Å². The first-order valence-corrected chi connectivity index (χ1v) is 6.92. The highest BCUT2D eigenvalue weighted by atomic mass is 32.2. The lowest BCUT2D eigenvalue weighted by molar-refractivity contribution is -0.119. The number of aromatic nitrogens is 2. The zero-order chi connectivity index (χ0) is 15.2. The van der Waals surface area contributed by atoms with Crippen LogP contribution < -0.4 is 5.32 Å². The maximum Gasteiger partial charge on any atom is 0.413 e. The number of amides is 2. The smallest absolute Gasteiger partial charge is 0.413 e. The molecule has 0 saturated heterocycles. The molecule has 1 N–H and O–H groups in total. The number of nitrogens with zero attached hydrogens (tertiary/aromatic N) is 2. The van der Waals surface area contributed by atoms with Crippen LogP contribution in [0.5, 0.6) is 0 Å². The summed E-state index contributed by atoms with van der Waals surface area (Å²) in [5.74, 6) is -0.120. The molecule has 0 fully saturated rings. The predicted octanol–water partition coefficient (Wildman–Crippen LogP) is 2.10. The molecule has 8 heteroatoms. The van der Waals surface area contributed by atoms with Gasteiger partial charge in [-0.05, 0) is 19.1 Å². The number of rotatable bonds is 4. The Kier molecular flexibility index (Phi) is 4.94. The molecule has 0 unspecified atom stereocenters. The van der Waals surface area contributed by atoms with Gasteiger partial charge in [-0.2, -0.15) is 0 Å². The lowest BCUT2D eigenvalue weighted by atomic mass is 10.2. The van der Waals surface area contributed by atoms with Gasteiger partial charge in [0.05, 0.1) is 12.4 Å². The van der Waals surface area contributed by atoms with Gasteiger partial charge < -0.3 is 9.15 Å². The Morgan fingerprint density at radius 1 is 1.29 bits per heavy atom. The highest BCUT2D eigenvalue weighted by molar-refractivity contribution is 8.00. The van der Waals surface area contributed by atoms with E-state index >= 15 is 0 Å². The zero-order valence-corrected chi connectivity index (χ0v) is 12.2. The molecule has 2 aromatic rings. The largest absolute Gasteiger partial charge is 0.453 e. The fraction of sp³-hybridized carbons (Fsp3) is 0.231. The first kappa shape index (κ1) is 15.0. The normalized spacial score (nSPS) is 11.7. The van der Waals surface area contributed by atoms with E-state index in [0.29, 0.717) is 5.89 Å². The highest BCUT2D eigenvalue weighted by Gasteiger charge is 2.20. The van der Waals surface area contributed by atoms with Crippen molar-refractivity contribution in [2.24, 2.45) is 0 Å². The average molecular weight is 307 g/mol. The number of benzene rings is 1. The fourth-order valence-corrected chi connectivity index (χ4v) is 2.10. The molecule has 0 aliphatic heterocycles. The number of imide groups is 1. The van der Waals surface area contributed by atoms with Crippen LogP contribution in [-0.4, -0.2) is 34.6 Å². The second-order valence-corrected chi connectivity index (χ2v) is 5.27. The molecule has 1 heterocycles. The van der Waals surface area contributed by atoms with Gasteiger partial charge >= 0.3 is 6.09 Å². The summed E-state index contributed by atoms with van der Waals surface area (Å²) in [4.78, 5) is 22.6. The van der Waals surface area contributed by atoms with Crippen LogP contribution in [0.2, 0.25) is 0 Å². The Morgan fingerprint density at radius 3 is 2.67 bits per heavy atom. The van der Waals surface area contributed by atoms with Crippen LogP contribution in [0.1, 0.15) is 6.92 Å². The third-order valence-electron chi connectivity index (χ3n) is 2.48. The van der Waals surface area contributed by atoms with Crippen molar-refractivity contribution >= 4 is 23.8 Å². The van der Waals surface area contributed by atoms with Gasteiger partial charge in [0.25, 0.3) is 5.22 Å². The van der Waals surface area contributed by atoms with Crippen molar-refractivity contribution in [3.05, 3.63) is 30.3 Å². The van der Waals surface area contributed by atoms with Crippen molar-refractivity contribution in [3.8, 4) is 11.5 Å². The van der Waals surface area contributed by atoms with E-state index in [9.17, 15) is 9.59 Å². The molecule has 1 aromatic heterocycles. The van der Waals surface area contributed by atoms with Crippen LogP contribution >= 0.6 is 11.8 Å². The summed E-state index contributed by atoms with van der Waals surface area (Å²) in [6, 6.07) is 9.29. The standard InChI is InChI=1S/C13H13N3O4S/c1-8(10(17)14-12(18)19-2)21-13-16-15-11(20-13)9-6-4-3-5-7-9/h3-8H,1-2H3,(H,14,17,18)/t8-/m1/s1. The Bertz CT molecular complexity index is 629. The van der Waals surface area contributed by atoms with Gasteiger partial charge in [0, 0.05) is 5.56 Å². The van der Waals surface area contributed by atoms with E-state index in [4.69, 9.17) is 4.42 Å². The summed E-state index contributed by atoms with van der Waals surface area (Å²) < 4.78 is 9.82. The van der Waals surface area contributed by atoms with E-state index in [1.807, 2.05) is 30.3 Å². The Hall–Kier alpha value is -2.35. The van der Waals surface area contributed by atoms with Crippen LogP contribution in [0.4, 0.5) is 4.79 Å². The van der Waals surface area contributed by atoms with Crippen molar-refractivity contribution in [2.45, 2.75) is 17.4 Å². The van der Waals surface area contributed by atoms with E-state index in [1.165, 1.54) is 7.11 Å². The topological polar surface area (TPSA) is 94.3 Å². The van der Waals surface area contributed by atoms with Gasteiger partial charge in [-0.15, -0.1) is 10.2 Å². The summed E-state index contributed by atoms with van der Waals surface area (Å²) in [6.07, 6.45) is -0.803. The van der Waals surface area contributed by atoms with E-state index in [0.717, 1.165) is 17.3 Å². The minimum Gasteiger partial charge on any atom is -0.453 e. The van der Waals surface area contributed by atoms with Crippen LogP contribution in [0.15, 0.2) is 40.0 Å². The molecule has 0 spiro atoms. The summed E-state index contributed by atoms with van der Waals surface area (Å²) in [7, 11) is 1.19. The zero-order valence-electron chi connectivity index (χ0n) is 11.4.